The smallest absolute Gasteiger partial charge is 0.161 e. The summed E-state index contributed by atoms with van der Waals surface area (Å²) in [5.41, 5.74) is 4.96. The molecular weight excluding hydrogens is 410 g/mol. The molecule has 0 atom stereocenters. The van der Waals surface area contributed by atoms with Gasteiger partial charge in [-0.3, -0.25) is 0 Å². The zero-order chi connectivity index (χ0) is 22.9. The fraction of sp³-hybridized carbons (Fsp3) is 0.107. The van der Waals surface area contributed by atoms with Crippen molar-refractivity contribution in [2.45, 2.75) is 20.1 Å². The number of benzene rings is 4. The van der Waals surface area contributed by atoms with Crippen molar-refractivity contribution in [2.24, 2.45) is 10.9 Å². The molecule has 0 bridgehead atoms. The van der Waals surface area contributed by atoms with Gasteiger partial charge in [0.2, 0.25) is 0 Å². The summed E-state index contributed by atoms with van der Waals surface area (Å²) in [6, 6.07) is 33.8. The number of anilines is 1. The summed E-state index contributed by atoms with van der Waals surface area (Å²) >= 11 is 0. The fourth-order valence-electron chi connectivity index (χ4n) is 3.41. The van der Waals surface area contributed by atoms with E-state index >= 15 is 0 Å². The molecule has 0 unspecified atom stereocenters. The standard InChI is InChI=1S/C28H27N3O2/c1-21-9-8-14-24(17-21)30-28(31-29)26-16-15-25(32-19-22-10-4-2-5-11-22)18-27(26)33-20-23-12-6-3-7-13-23/h2-18H,19-20,29H2,1H3,(H,30,31). The first kappa shape index (κ1) is 22.0. The normalized spacial score (nSPS) is 11.1. The lowest BCUT2D eigenvalue weighted by atomic mass is 10.1. The predicted molar refractivity (Wildman–Crippen MR) is 134 cm³/mol. The SMILES string of the molecule is Cc1cccc(NC(=NN)c2ccc(OCc3ccccc3)cc2OCc2ccccc2)c1. The summed E-state index contributed by atoms with van der Waals surface area (Å²) in [7, 11) is 0. The third kappa shape index (κ3) is 6.14. The van der Waals surface area contributed by atoms with Gasteiger partial charge >= 0.3 is 0 Å². The highest BCUT2D eigenvalue weighted by Gasteiger charge is 2.14. The molecule has 33 heavy (non-hydrogen) atoms. The molecule has 0 heterocycles. The zero-order valence-corrected chi connectivity index (χ0v) is 18.6. The zero-order valence-electron chi connectivity index (χ0n) is 18.6. The number of nitrogens with one attached hydrogen (secondary N) is 1. The second-order valence-electron chi connectivity index (χ2n) is 7.68. The van der Waals surface area contributed by atoms with Crippen LogP contribution < -0.4 is 20.6 Å². The van der Waals surface area contributed by atoms with E-state index in [0.717, 1.165) is 27.9 Å². The minimum Gasteiger partial charge on any atom is -0.489 e. The van der Waals surface area contributed by atoms with Crippen molar-refractivity contribution in [1.82, 2.24) is 0 Å². The van der Waals surface area contributed by atoms with E-state index in [1.165, 1.54) is 0 Å². The lowest BCUT2D eigenvalue weighted by Crippen LogP contribution is -2.17. The van der Waals surface area contributed by atoms with Crippen LogP contribution in [0.5, 0.6) is 11.5 Å². The first-order chi connectivity index (χ1) is 16.2. The van der Waals surface area contributed by atoms with E-state index in [4.69, 9.17) is 15.3 Å². The Morgan fingerprint density at radius 3 is 2.06 bits per heavy atom. The van der Waals surface area contributed by atoms with Crippen molar-refractivity contribution < 1.29 is 9.47 Å². The van der Waals surface area contributed by atoms with E-state index < -0.39 is 0 Å². The van der Waals surface area contributed by atoms with Crippen LogP contribution in [0, 0.1) is 6.92 Å². The Labute approximate surface area is 194 Å². The molecule has 0 aromatic heterocycles. The minimum atomic E-state index is 0.415. The van der Waals surface area contributed by atoms with Crippen molar-refractivity contribution in [3.63, 3.8) is 0 Å². The van der Waals surface area contributed by atoms with Crippen molar-refractivity contribution in [1.29, 1.82) is 0 Å². The maximum absolute atomic E-state index is 6.20. The Balaban J connectivity index is 1.59. The van der Waals surface area contributed by atoms with Crippen molar-refractivity contribution in [2.75, 3.05) is 5.32 Å². The van der Waals surface area contributed by atoms with Crippen LogP contribution in [0.1, 0.15) is 22.3 Å². The van der Waals surface area contributed by atoms with E-state index in [9.17, 15) is 0 Å². The van der Waals surface area contributed by atoms with Gasteiger partial charge in [0.15, 0.2) is 5.84 Å². The van der Waals surface area contributed by atoms with Gasteiger partial charge in [-0.2, -0.15) is 5.10 Å². The van der Waals surface area contributed by atoms with E-state index in [1.54, 1.807) is 0 Å². The van der Waals surface area contributed by atoms with Gasteiger partial charge in [-0.15, -0.1) is 0 Å². The van der Waals surface area contributed by atoms with Crippen LogP contribution in [-0.4, -0.2) is 5.84 Å². The average Bonchev–Trinajstić information content (AvgIpc) is 2.86. The van der Waals surface area contributed by atoms with Crippen molar-refractivity contribution in [3.05, 3.63) is 125 Å². The number of aryl methyl sites for hydroxylation is 1. The van der Waals surface area contributed by atoms with Gasteiger partial charge in [-0.1, -0.05) is 72.8 Å². The van der Waals surface area contributed by atoms with E-state index in [0.29, 0.717) is 30.5 Å². The third-order valence-electron chi connectivity index (χ3n) is 5.10. The predicted octanol–water partition coefficient (Wildman–Crippen LogP) is 5.89. The molecule has 0 amide bonds. The topological polar surface area (TPSA) is 68.9 Å². The third-order valence-corrected chi connectivity index (χ3v) is 5.10. The van der Waals surface area contributed by atoms with Gasteiger partial charge in [0.25, 0.3) is 0 Å². The summed E-state index contributed by atoms with van der Waals surface area (Å²) in [6.07, 6.45) is 0. The molecule has 0 fully saturated rings. The Morgan fingerprint density at radius 2 is 1.42 bits per heavy atom. The summed E-state index contributed by atoms with van der Waals surface area (Å²) in [5, 5.41) is 7.31. The molecule has 4 aromatic carbocycles. The Morgan fingerprint density at radius 1 is 0.758 bits per heavy atom. The highest BCUT2D eigenvalue weighted by molar-refractivity contribution is 6.10. The fourth-order valence-corrected chi connectivity index (χ4v) is 3.41. The van der Waals surface area contributed by atoms with E-state index in [-0.39, 0.29) is 0 Å². The number of hydrogen-bond acceptors (Lipinski definition) is 4. The van der Waals surface area contributed by atoms with Crippen LogP contribution in [0.3, 0.4) is 0 Å². The van der Waals surface area contributed by atoms with E-state index in [2.05, 4.69) is 10.4 Å². The molecule has 0 spiro atoms. The molecule has 5 nitrogen and oxygen atoms in total. The first-order valence-corrected chi connectivity index (χ1v) is 10.8. The minimum absolute atomic E-state index is 0.415. The number of hydrazone groups is 1. The van der Waals surface area contributed by atoms with Crippen LogP contribution in [0.25, 0.3) is 0 Å². The highest BCUT2D eigenvalue weighted by Crippen LogP contribution is 2.28. The van der Waals surface area contributed by atoms with Gasteiger partial charge in [0.1, 0.15) is 24.7 Å². The van der Waals surface area contributed by atoms with Gasteiger partial charge in [-0.05, 0) is 47.9 Å². The number of rotatable bonds is 8. The molecule has 3 N–H and O–H groups in total. The Kier molecular flexibility index (Phi) is 7.23. The van der Waals surface area contributed by atoms with Crippen LogP contribution in [0.4, 0.5) is 5.69 Å². The maximum Gasteiger partial charge on any atom is 0.161 e. The van der Waals surface area contributed by atoms with Crippen molar-refractivity contribution >= 4 is 11.5 Å². The molecule has 4 aromatic rings. The largest absolute Gasteiger partial charge is 0.489 e. The van der Waals surface area contributed by atoms with Gasteiger partial charge < -0.3 is 20.6 Å². The summed E-state index contributed by atoms with van der Waals surface area (Å²) in [4.78, 5) is 0. The Hall–Kier alpha value is -4.25. The summed E-state index contributed by atoms with van der Waals surface area (Å²) in [5.74, 6) is 7.63. The summed E-state index contributed by atoms with van der Waals surface area (Å²) in [6.45, 7) is 2.92. The average molecular weight is 438 g/mol. The van der Waals surface area contributed by atoms with Crippen molar-refractivity contribution in [3.8, 4) is 11.5 Å². The molecule has 4 rings (SSSR count). The number of amidine groups is 1. The molecule has 0 aliphatic carbocycles. The molecule has 166 valence electrons. The molecule has 0 aliphatic rings. The van der Waals surface area contributed by atoms with Crippen LogP contribution in [-0.2, 0) is 13.2 Å². The number of nitrogens with zero attached hydrogens (tertiary/aromatic N) is 1. The van der Waals surface area contributed by atoms with Gasteiger partial charge in [0, 0.05) is 11.8 Å². The lowest BCUT2D eigenvalue weighted by molar-refractivity contribution is 0.289. The van der Waals surface area contributed by atoms with Crippen LogP contribution >= 0.6 is 0 Å². The molecule has 5 heteroatoms. The quantitative estimate of drug-likeness (QED) is 0.156. The maximum atomic E-state index is 6.20. The molecular formula is C28H27N3O2. The van der Waals surface area contributed by atoms with E-state index in [1.807, 2.05) is 110 Å². The monoisotopic (exact) mass is 437 g/mol. The number of ether oxygens (including phenoxy) is 2. The molecule has 0 saturated heterocycles. The highest BCUT2D eigenvalue weighted by atomic mass is 16.5. The summed E-state index contributed by atoms with van der Waals surface area (Å²) < 4.78 is 12.2. The van der Waals surface area contributed by atoms with Gasteiger partial charge in [-0.25, -0.2) is 0 Å². The Bertz CT molecular complexity index is 1210. The molecule has 0 aliphatic heterocycles. The number of nitrogens with two attached hydrogens (primary N) is 1. The van der Waals surface area contributed by atoms with Crippen LogP contribution in [0.2, 0.25) is 0 Å². The second kappa shape index (κ2) is 10.9. The lowest BCUT2D eigenvalue weighted by Gasteiger charge is -2.16. The molecule has 0 radical (unpaired) electrons. The second-order valence-corrected chi connectivity index (χ2v) is 7.68. The molecule has 0 saturated carbocycles. The number of hydrogen-bond donors (Lipinski definition) is 2. The first-order valence-electron chi connectivity index (χ1n) is 10.8. The van der Waals surface area contributed by atoms with Gasteiger partial charge in [0.05, 0.1) is 5.56 Å². The van der Waals surface area contributed by atoms with Crippen LogP contribution in [0.15, 0.2) is 108 Å².